The lowest BCUT2D eigenvalue weighted by Gasteiger charge is -2.27. The van der Waals surface area contributed by atoms with E-state index in [1.807, 2.05) is 7.05 Å². The number of hydrogen-bond donors (Lipinski definition) is 1. The lowest BCUT2D eigenvalue weighted by Crippen LogP contribution is -2.31. The molecule has 0 fully saturated rings. The highest BCUT2D eigenvalue weighted by Gasteiger charge is 2.17. The van der Waals surface area contributed by atoms with Crippen LogP contribution in [0.1, 0.15) is 25.6 Å². The van der Waals surface area contributed by atoms with Crippen molar-refractivity contribution in [2.75, 3.05) is 23.8 Å². The predicted molar refractivity (Wildman–Crippen MR) is 79.9 cm³/mol. The van der Waals surface area contributed by atoms with Crippen molar-refractivity contribution < 1.29 is 0 Å². The van der Waals surface area contributed by atoms with E-state index < -0.39 is 0 Å². The van der Waals surface area contributed by atoms with Gasteiger partial charge in [0.15, 0.2) is 0 Å². The molecule has 18 heavy (non-hydrogen) atoms. The molecule has 0 radical (unpaired) electrons. The number of hydrogen-bond acceptors (Lipinski definition) is 5. The molecule has 98 valence electrons. The maximum Gasteiger partial charge on any atom is 0.225 e. The molecule has 2 rings (SSSR count). The van der Waals surface area contributed by atoms with Crippen LogP contribution in [0.3, 0.4) is 0 Å². The van der Waals surface area contributed by atoms with Gasteiger partial charge in [-0.3, -0.25) is 0 Å². The van der Waals surface area contributed by atoms with Crippen LogP contribution < -0.4 is 10.2 Å². The maximum atomic E-state index is 4.64. The first-order valence-corrected chi connectivity index (χ1v) is 7.11. The Labute approximate surface area is 112 Å². The number of aryl methyl sites for hydroxylation is 1. The number of nitrogens with zero attached hydrogens (tertiary/aromatic N) is 3. The summed E-state index contributed by atoms with van der Waals surface area (Å²) in [6.07, 6.45) is 0. The normalized spacial score (nSPS) is 11.2. The van der Waals surface area contributed by atoms with Gasteiger partial charge in [0.2, 0.25) is 5.95 Å². The SMILES string of the molecule is CCN(c1nc(NC)nc2sc(C)cc12)C(C)C. The summed E-state index contributed by atoms with van der Waals surface area (Å²) in [5.74, 6) is 1.73. The summed E-state index contributed by atoms with van der Waals surface area (Å²) in [5, 5.41) is 4.20. The van der Waals surface area contributed by atoms with E-state index in [4.69, 9.17) is 0 Å². The van der Waals surface area contributed by atoms with Crippen molar-refractivity contribution in [3.63, 3.8) is 0 Å². The second-order valence-electron chi connectivity index (χ2n) is 4.58. The van der Waals surface area contributed by atoms with Gasteiger partial charge in [-0.25, -0.2) is 4.98 Å². The lowest BCUT2D eigenvalue weighted by molar-refractivity contribution is 0.696. The second kappa shape index (κ2) is 5.10. The van der Waals surface area contributed by atoms with Gasteiger partial charge in [0.25, 0.3) is 0 Å². The summed E-state index contributed by atoms with van der Waals surface area (Å²) >= 11 is 1.72. The number of fused-ring (bicyclic) bond motifs is 1. The Kier molecular flexibility index (Phi) is 3.71. The Morgan fingerprint density at radius 3 is 2.67 bits per heavy atom. The van der Waals surface area contributed by atoms with Crippen LogP contribution in [0.15, 0.2) is 6.07 Å². The molecule has 4 nitrogen and oxygen atoms in total. The Morgan fingerprint density at radius 1 is 1.39 bits per heavy atom. The van der Waals surface area contributed by atoms with Crippen LogP contribution in [0.5, 0.6) is 0 Å². The van der Waals surface area contributed by atoms with Gasteiger partial charge in [-0.1, -0.05) is 0 Å². The average Bonchev–Trinajstić information content (AvgIpc) is 2.69. The molecule has 0 bridgehead atoms. The zero-order valence-electron chi connectivity index (χ0n) is 11.6. The third kappa shape index (κ3) is 2.27. The fourth-order valence-corrected chi connectivity index (χ4v) is 2.99. The summed E-state index contributed by atoms with van der Waals surface area (Å²) in [6, 6.07) is 2.61. The lowest BCUT2D eigenvalue weighted by atomic mass is 10.2. The van der Waals surface area contributed by atoms with Crippen LogP contribution in [0.4, 0.5) is 11.8 Å². The first kappa shape index (κ1) is 13.1. The fourth-order valence-electron chi connectivity index (χ4n) is 2.12. The molecule has 5 heteroatoms. The van der Waals surface area contributed by atoms with Crippen molar-refractivity contribution in [2.45, 2.75) is 33.7 Å². The molecule has 0 amide bonds. The molecule has 0 aromatic carbocycles. The van der Waals surface area contributed by atoms with Crippen LogP contribution in [0, 0.1) is 6.92 Å². The number of thiophene rings is 1. The number of aromatic nitrogens is 2. The Bertz CT molecular complexity index is 547. The molecule has 0 spiro atoms. The van der Waals surface area contributed by atoms with Crippen molar-refractivity contribution in [2.24, 2.45) is 0 Å². The summed E-state index contributed by atoms with van der Waals surface area (Å²) < 4.78 is 0. The average molecular weight is 264 g/mol. The first-order valence-electron chi connectivity index (χ1n) is 6.29. The van der Waals surface area contributed by atoms with Gasteiger partial charge in [0.05, 0.1) is 5.39 Å². The Hall–Kier alpha value is -1.36. The van der Waals surface area contributed by atoms with E-state index >= 15 is 0 Å². The van der Waals surface area contributed by atoms with Gasteiger partial charge in [0, 0.05) is 24.5 Å². The Balaban J connectivity index is 2.65. The zero-order valence-corrected chi connectivity index (χ0v) is 12.4. The predicted octanol–water partition coefficient (Wildman–Crippen LogP) is 3.28. The van der Waals surface area contributed by atoms with Gasteiger partial charge in [-0.2, -0.15) is 4.98 Å². The fraction of sp³-hybridized carbons (Fsp3) is 0.538. The maximum absolute atomic E-state index is 4.64. The van der Waals surface area contributed by atoms with E-state index in [1.54, 1.807) is 11.3 Å². The molecule has 2 aromatic rings. The van der Waals surface area contributed by atoms with Gasteiger partial charge >= 0.3 is 0 Å². The third-order valence-electron chi connectivity index (χ3n) is 2.96. The molecule has 0 aliphatic heterocycles. The zero-order chi connectivity index (χ0) is 13.3. The number of anilines is 2. The highest BCUT2D eigenvalue weighted by Crippen LogP contribution is 2.32. The smallest absolute Gasteiger partial charge is 0.225 e. The van der Waals surface area contributed by atoms with Gasteiger partial charge in [-0.05, 0) is 33.8 Å². The highest BCUT2D eigenvalue weighted by molar-refractivity contribution is 7.18. The summed E-state index contributed by atoms with van der Waals surface area (Å²) in [4.78, 5) is 13.8. The highest BCUT2D eigenvalue weighted by atomic mass is 32.1. The minimum absolute atomic E-state index is 0.429. The molecule has 0 saturated carbocycles. The van der Waals surface area contributed by atoms with E-state index in [0.29, 0.717) is 12.0 Å². The van der Waals surface area contributed by atoms with Gasteiger partial charge in [-0.15, -0.1) is 11.3 Å². The molecule has 0 aliphatic carbocycles. The van der Waals surface area contributed by atoms with E-state index in [2.05, 4.69) is 53.9 Å². The standard InChI is InChI=1S/C13H20N4S/c1-6-17(8(2)3)11-10-7-9(4)18-12(10)16-13(14-5)15-11/h7-8H,6H2,1-5H3,(H,14,15,16). The molecule has 0 aliphatic rings. The number of rotatable bonds is 4. The van der Waals surface area contributed by atoms with Crippen molar-refractivity contribution in [3.8, 4) is 0 Å². The minimum Gasteiger partial charge on any atom is -0.357 e. The quantitative estimate of drug-likeness (QED) is 0.920. The van der Waals surface area contributed by atoms with Crippen LogP contribution in [0.25, 0.3) is 10.2 Å². The molecule has 2 heterocycles. The first-order chi connectivity index (χ1) is 8.56. The van der Waals surface area contributed by atoms with E-state index in [-0.39, 0.29) is 0 Å². The van der Waals surface area contributed by atoms with Crippen molar-refractivity contribution in [3.05, 3.63) is 10.9 Å². The third-order valence-corrected chi connectivity index (χ3v) is 3.90. The molecule has 1 N–H and O–H groups in total. The van der Waals surface area contributed by atoms with Crippen LogP contribution in [0.2, 0.25) is 0 Å². The Morgan fingerprint density at radius 2 is 2.11 bits per heavy atom. The van der Waals surface area contributed by atoms with Gasteiger partial charge < -0.3 is 10.2 Å². The number of nitrogens with one attached hydrogen (secondary N) is 1. The van der Waals surface area contributed by atoms with E-state index in [9.17, 15) is 0 Å². The monoisotopic (exact) mass is 264 g/mol. The molecule has 0 unspecified atom stereocenters. The van der Waals surface area contributed by atoms with E-state index in [1.165, 1.54) is 4.88 Å². The van der Waals surface area contributed by atoms with Crippen LogP contribution in [-0.4, -0.2) is 29.6 Å². The van der Waals surface area contributed by atoms with E-state index in [0.717, 1.165) is 22.6 Å². The van der Waals surface area contributed by atoms with Gasteiger partial charge in [0.1, 0.15) is 10.6 Å². The van der Waals surface area contributed by atoms with Crippen molar-refractivity contribution in [1.82, 2.24) is 9.97 Å². The summed E-state index contributed by atoms with van der Waals surface area (Å²) in [5.41, 5.74) is 0. The molecular formula is C13H20N4S. The van der Waals surface area contributed by atoms with Crippen LogP contribution >= 0.6 is 11.3 Å². The van der Waals surface area contributed by atoms with Crippen molar-refractivity contribution in [1.29, 1.82) is 0 Å². The van der Waals surface area contributed by atoms with Crippen molar-refractivity contribution >= 4 is 33.3 Å². The van der Waals surface area contributed by atoms with Crippen LogP contribution in [-0.2, 0) is 0 Å². The summed E-state index contributed by atoms with van der Waals surface area (Å²) in [6.45, 7) is 9.60. The molecule has 2 aromatic heterocycles. The molecule has 0 atom stereocenters. The molecular weight excluding hydrogens is 244 g/mol. The summed E-state index contributed by atoms with van der Waals surface area (Å²) in [7, 11) is 1.86. The molecule has 0 saturated heterocycles. The largest absolute Gasteiger partial charge is 0.357 e. The topological polar surface area (TPSA) is 41.1 Å². The second-order valence-corrected chi connectivity index (χ2v) is 5.81. The minimum atomic E-state index is 0.429.